The molecule has 0 rings (SSSR count). The van der Waals surface area contributed by atoms with Gasteiger partial charge in [0.05, 0.1) is 0 Å². The quantitative estimate of drug-likeness (QED) is 0.474. The van der Waals surface area contributed by atoms with Crippen molar-refractivity contribution in [2.75, 3.05) is 0 Å². The van der Waals surface area contributed by atoms with Crippen molar-refractivity contribution in [3.63, 3.8) is 0 Å². The van der Waals surface area contributed by atoms with E-state index in [0.717, 1.165) is 0 Å². The van der Waals surface area contributed by atoms with Crippen molar-refractivity contribution in [1.29, 1.82) is 0 Å². The third-order valence-electron chi connectivity index (χ3n) is 0. The van der Waals surface area contributed by atoms with E-state index in [1.165, 1.54) is 0 Å². The first-order valence-corrected chi connectivity index (χ1v) is 16.2. The Morgan fingerprint density at radius 2 is 0.556 bits per heavy atom. The molecular formula is H8Br4O4Ti. The molecule has 0 aromatic carbocycles. The van der Waals surface area contributed by atoms with E-state index in [2.05, 4.69) is 52.6 Å². The van der Waals surface area contributed by atoms with Crippen molar-refractivity contribution in [1.82, 2.24) is 0 Å². The molecule has 0 atom stereocenters. The predicted octanol–water partition coefficient (Wildman–Crippen LogP) is 0.0811. The Balaban J connectivity index is -0.0000000133. The van der Waals surface area contributed by atoms with Crippen molar-refractivity contribution in [2.24, 2.45) is 0 Å². The number of halogens is 4. The molecule has 9 heteroatoms. The van der Waals surface area contributed by atoms with Crippen LogP contribution in [-0.2, 0) is 8.21 Å². The summed E-state index contributed by atoms with van der Waals surface area (Å²) in [6.07, 6.45) is 0. The second kappa shape index (κ2) is 13.1. The van der Waals surface area contributed by atoms with Gasteiger partial charge < -0.3 is 21.9 Å². The van der Waals surface area contributed by atoms with Gasteiger partial charge in [0.15, 0.2) is 0 Å². The molecule has 0 radical (unpaired) electrons. The van der Waals surface area contributed by atoms with Gasteiger partial charge in [-0.1, -0.05) is 0 Å². The van der Waals surface area contributed by atoms with Crippen molar-refractivity contribution in [3.8, 4) is 0 Å². The Hall–Kier alpha value is 2.47. The Kier molecular flexibility index (Phi) is 43.7. The molecule has 8 N–H and O–H groups in total. The number of rotatable bonds is 0. The molecule has 0 unspecified atom stereocenters. The molecule has 0 aliphatic heterocycles. The molecule has 0 aromatic heterocycles. The average Bonchev–Trinajstić information content (AvgIpc) is 0.722. The minimum atomic E-state index is -1.75. The summed E-state index contributed by atoms with van der Waals surface area (Å²) in [5.41, 5.74) is 0. The Labute approximate surface area is 81.6 Å². The van der Waals surface area contributed by atoms with Crippen LogP contribution in [0.1, 0.15) is 0 Å². The van der Waals surface area contributed by atoms with Crippen LogP contribution >= 0.6 is 52.6 Å². The number of hydrogen-bond acceptors (Lipinski definition) is 0. The molecular weight excluding hydrogens is 431 g/mol. The second-order valence-electron chi connectivity index (χ2n) is 0.429. The third-order valence-corrected chi connectivity index (χ3v) is 0. The summed E-state index contributed by atoms with van der Waals surface area (Å²) in [4.78, 5) is 0. The van der Waals surface area contributed by atoms with Crippen LogP contribution < -0.4 is 0 Å². The van der Waals surface area contributed by atoms with Gasteiger partial charge in [0.25, 0.3) is 0 Å². The van der Waals surface area contributed by atoms with Gasteiger partial charge in [-0.2, -0.15) is 0 Å². The Morgan fingerprint density at radius 3 is 0.556 bits per heavy atom. The zero-order valence-electron chi connectivity index (χ0n) is 4.01. The summed E-state index contributed by atoms with van der Waals surface area (Å²) in [5.74, 6) is 0. The maximum absolute atomic E-state index is 3.31. The second-order valence-corrected chi connectivity index (χ2v) is 47.7. The van der Waals surface area contributed by atoms with Crippen LogP contribution in [0.3, 0.4) is 0 Å². The van der Waals surface area contributed by atoms with Gasteiger partial charge >= 0.3 is 60.9 Å². The van der Waals surface area contributed by atoms with E-state index in [4.69, 9.17) is 0 Å². The van der Waals surface area contributed by atoms with Crippen LogP contribution in [0.2, 0.25) is 0 Å². The van der Waals surface area contributed by atoms with E-state index >= 15 is 0 Å². The Bertz CT molecular complexity index is 28.0. The van der Waals surface area contributed by atoms with Crippen LogP contribution in [0, 0.1) is 0 Å². The van der Waals surface area contributed by atoms with Crippen LogP contribution in [0.5, 0.6) is 0 Å². The van der Waals surface area contributed by atoms with Crippen molar-refractivity contribution in [2.45, 2.75) is 0 Å². The molecule has 0 bridgehead atoms. The van der Waals surface area contributed by atoms with Gasteiger partial charge in [0.2, 0.25) is 0 Å². The van der Waals surface area contributed by atoms with Crippen LogP contribution in [-0.4, -0.2) is 21.9 Å². The third kappa shape index (κ3) is 123. The number of hydrogen-bond donors (Lipinski definition) is 0. The molecule has 0 heterocycles. The topological polar surface area (TPSA) is 126 Å². The van der Waals surface area contributed by atoms with Crippen LogP contribution in [0.25, 0.3) is 0 Å². The fourth-order valence-corrected chi connectivity index (χ4v) is 0. The summed E-state index contributed by atoms with van der Waals surface area (Å²) < 4.78 is 0. The average molecular weight is 440 g/mol. The molecule has 0 spiro atoms. The first kappa shape index (κ1) is 30.0. The van der Waals surface area contributed by atoms with E-state index in [0.29, 0.717) is 0 Å². The summed E-state index contributed by atoms with van der Waals surface area (Å²) in [6.45, 7) is 0. The van der Waals surface area contributed by atoms with Crippen LogP contribution in [0.15, 0.2) is 0 Å². The molecule has 0 saturated carbocycles. The first-order valence-electron chi connectivity index (χ1n) is 0.756. The predicted molar refractivity (Wildman–Crippen MR) is 50.2 cm³/mol. The molecule has 0 aliphatic carbocycles. The van der Waals surface area contributed by atoms with Crippen molar-refractivity contribution < 1.29 is 30.1 Å². The summed E-state index contributed by atoms with van der Waals surface area (Å²) in [7, 11) is -1.75. The molecule has 64 valence electrons. The Morgan fingerprint density at radius 1 is 0.556 bits per heavy atom. The molecule has 0 amide bonds. The summed E-state index contributed by atoms with van der Waals surface area (Å²) in [6, 6.07) is 0. The molecule has 0 aliphatic rings. The van der Waals surface area contributed by atoms with Gasteiger partial charge in [0, 0.05) is 0 Å². The van der Waals surface area contributed by atoms with Gasteiger partial charge in [-0.15, -0.1) is 0 Å². The molecule has 0 fully saturated rings. The normalized spacial score (nSPS) is 6.67. The molecule has 4 nitrogen and oxygen atoms in total. The zero-order valence-corrected chi connectivity index (χ0v) is 11.9. The van der Waals surface area contributed by atoms with E-state index < -0.39 is 8.21 Å². The van der Waals surface area contributed by atoms with Gasteiger partial charge in [-0.25, -0.2) is 0 Å². The molecule has 0 saturated heterocycles. The van der Waals surface area contributed by atoms with E-state index in [9.17, 15) is 0 Å². The van der Waals surface area contributed by atoms with Gasteiger partial charge in [0.1, 0.15) is 0 Å². The van der Waals surface area contributed by atoms with Crippen LogP contribution in [0.4, 0.5) is 0 Å². The fraction of sp³-hybridized carbons (Fsp3) is 0. The summed E-state index contributed by atoms with van der Waals surface area (Å²) in [5, 5.41) is 0. The summed E-state index contributed by atoms with van der Waals surface area (Å²) >= 11 is 13.2. The van der Waals surface area contributed by atoms with Gasteiger partial charge in [-0.3, -0.25) is 0 Å². The first-order chi connectivity index (χ1) is 2.00. The maximum atomic E-state index is 3.31. The SMILES string of the molecule is O.O.O.O.[Br][Ti]([Br])([Br])[Br]. The fourth-order valence-electron chi connectivity index (χ4n) is 0. The monoisotopic (exact) mass is 436 g/mol. The van der Waals surface area contributed by atoms with E-state index in [-0.39, 0.29) is 21.9 Å². The van der Waals surface area contributed by atoms with Crippen molar-refractivity contribution >= 4 is 52.6 Å². The van der Waals surface area contributed by atoms with E-state index in [1.54, 1.807) is 0 Å². The zero-order chi connectivity index (χ0) is 4.50. The van der Waals surface area contributed by atoms with Gasteiger partial charge in [-0.05, 0) is 0 Å². The van der Waals surface area contributed by atoms with E-state index in [1.807, 2.05) is 0 Å². The van der Waals surface area contributed by atoms with Crippen molar-refractivity contribution in [3.05, 3.63) is 0 Å². The minimum absolute atomic E-state index is 0. The molecule has 9 heavy (non-hydrogen) atoms. The standard InChI is InChI=1S/4BrH.4H2O.Ti/h4*1H;4*1H2;/q;;;;;;;;+4/p-4. The molecule has 0 aromatic rings.